The van der Waals surface area contributed by atoms with Gasteiger partial charge in [-0.25, -0.2) is 4.98 Å². The molecule has 0 fully saturated rings. The maximum Gasteiger partial charge on any atom is 0.257 e. The second kappa shape index (κ2) is 5.63. The fraction of sp³-hybridized carbons (Fsp3) is 0. The maximum atomic E-state index is 12.2. The highest BCUT2D eigenvalue weighted by Gasteiger charge is 2.11. The lowest BCUT2D eigenvalue weighted by Crippen LogP contribution is -2.11. The Hall–Kier alpha value is -1.63. The first-order valence-corrected chi connectivity index (χ1v) is 7.94. The lowest BCUT2D eigenvalue weighted by molar-refractivity contribution is 0.102. The first kappa shape index (κ1) is 14.3. The van der Waals surface area contributed by atoms with Crippen LogP contribution in [0.1, 0.15) is 10.4 Å². The van der Waals surface area contributed by atoms with Crippen molar-refractivity contribution in [3.05, 3.63) is 51.5 Å². The molecule has 0 aliphatic heterocycles. The number of hydrogen-bond donors (Lipinski definition) is 2. The van der Waals surface area contributed by atoms with Crippen LogP contribution in [0.15, 0.2) is 40.9 Å². The zero-order valence-electron chi connectivity index (χ0n) is 10.6. The van der Waals surface area contributed by atoms with Crippen molar-refractivity contribution in [2.45, 2.75) is 0 Å². The minimum atomic E-state index is -0.237. The Morgan fingerprint density at radius 2 is 2.10 bits per heavy atom. The van der Waals surface area contributed by atoms with Gasteiger partial charge in [0.05, 0.1) is 15.2 Å². The Morgan fingerprint density at radius 1 is 1.29 bits per heavy atom. The number of thiazole rings is 1. The van der Waals surface area contributed by atoms with Crippen LogP contribution in [0, 0.1) is 0 Å². The average Bonchev–Trinajstić information content (AvgIpc) is 2.83. The van der Waals surface area contributed by atoms with Crippen LogP contribution in [0.3, 0.4) is 0 Å². The third-order valence-corrected chi connectivity index (χ3v) is 4.96. The largest absolute Gasteiger partial charge is 0.399 e. The highest BCUT2D eigenvalue weighted by molar-refractivity contribution is 9.10. The number of nitrogens with one attached hydrogen (secondary N) is 1. The zero-order chi connectivity index (χ0) is 15.0. The van der Waals surface area contributed by atoms with Crippen molar-refractivity contribution in [3.63, 3.8) is 0 Å². The van der Waals surface area contributed by atoms with E-state index in [2.05, 4.69) is 26.2 Å². The van der Waals surface area contributed by atoms with Gasteiger partial charge in [-0.1, -0.05) is 22.9 Å². The van der Waals surface area contributed by atoms with Gasteiger partial charge in [-0.15, -0.1) is 0 Å². The number of rotatable bonds is 2. The number of halogens is 2. The number of benzene rings is 2. The lowest BCUT2D eigenvalue weighted by atomic mass is 10.2. The monoisotopic (exact) mass is 381 g/mol. The average molecular weight is 383 g/mol. The number of amides is 1. The molecule has 106 valence electrons. The minimum Gasteiger partial charge on any atom is -0.399 e. The summed E-state index contributed by atoms with van der Waals surface area (Å²) in [5.41, 5.74) is 7.71. The molecule has 0 unspecified atom stereocenters. The molecule has 0 aliphatic rings. The second-order valence-electron chi connectivity index (χ2n) is 4.33. The number of carbonyl (C=O) groups is 1. The van der Waals surface area contributed by atoms with E-state index in [0.29, 0.717) is 25.9 Å². The highest BCUT2D eigenvalue weighted by Crippen LogP contribution is 2.28. The summed E-state index contributed by atoms with van der Waals surface area (Å²) in [6.07, 6.45) is 0. The Morgan fingerprint density at radius 3 is 2.86 bits per heavy atom. The molecular weight excluding hydrogens is 374 g/mol. The van der Waals surface area contributed by atoms with Gasteiger partial charge in [0.1, 0.15) is 0 Å². The third kappa shape index (κ3) is 3.02. The molecule has 1 aromatic heterocycles. The van der Waals surface area contributed by atoms with Crippen molar-refractivity contribution in [3.8, 4) is 0 Å². The van der Waals surface area contributed by atoms with Gasteiger partial charge in [0.15, 0.2) is 5.13 Å². The quantitative estimate of drug-likeness (QED) is 0.639. The van der Waals surface area contributed by atoms with Crippen molar-refractivity contribution < 1.29 is 4.79 Å². The number of anilines is 2. The van der Waals surface area contributed by atoms with Crippen molar-refractivity contribution in [2.24, 2.45) is 0 Å². The molecule has 0 atom stereocenters. The summed E-state index contributed by atoms with van der Waals surface area (Å²) in [7, 11) is 0. The number of nitrogens with two attached hydrogens (primary N) is 1. The summed E-state index contributed by atoms with van der Waals surface area (Å²) in [6, 6.07) is 10.4. The second-order valence-corrected chi connectivity index (χ2v) is 6.62. The maximum absolute atomic E-state index is 12.2. The van der Waals surface area contributed by atoms with E-state index in [-0.39, 0.29) is 5.91 Å². The molecule has 0 radical (unpaired) electrons. The Balaban J connectivity index is 1.87. The standard InChI is InChI=1S/C14H9BrClN3OS/c15-9-5-7(1-3-10(9)16)13(20)19-14-18-11-4-2-8(17)6-12(11)21-14/h1-6H,17H2,(H,18,19,20). The molecule has 21 heavy (non-hydrogen) atoms. The van der Waals surface area contributed by atoms with Crippen LogP contribution in [0.25, 0.3) is 10.2 Å². The summed E-state index contributed by atoms with van der Waals surface area (Å²) < 4.78 is 1.61. The van der Waals surface area contributed by atoms with Crippen LogP contribution < -0.4 is 11.1 Å². The predicted octanol–water partition coefficient (Wildman–Crippen LogP) is 4.55. The van der Waals surface area contributed by atoms with Crippen LogP contribution >= 0.6 is 38.9 Å². The molecule has 0 bridgehead atoms. The number of aromatic nitrogens is 1. The van der Waals surface area contributed by atoms with E-state index >= 15 is 0 Å². The Labute approximate surface area is 138 Å². The van der Waals surface area contributed by atoms with Crippen molar-refractivity contribution in [1.82, 2.24) is 4.98 Å². The fourth-order valence-corrected chi connectivity index (χ4v) is 3.21. The molecule has 0 spiro atoms. The molecule has 1 heterocycles. The van der Waals surface area contributed by atoms with E-state index < -0.39 is 0 Å². The van der Waals surface area contributed by atoms with E-state index in [0.717, 1.165) is 10.2 Å². The van der Waals surface area contributed by atoms with Crippen LogP contribution in [0.2, 0.25) is 5.02 Å². The van der Waals surface area contributed by atoms with Gasteiger partial charge in [0, 0.05) is 15.7 Å². The van der Waals surface area contributed by atoms with Gasteiger partial charge < -0.3 is 5.73 Å². The smallest absolute Gasteiger partial charge is 0.257 e. The molecule has 0 aliphatic carbocycles. The summed E-state index contributed by atoms with van der Waals surface area (Å²) in [4.78, 5) is 16.5. The number of nitrogens with zero attached hydrogens (tertiary/aromatic N) is 1. The van der Waals surface area contributed by atoms with Crippen LogP contribution in [0.4, 0.5) is 10.8 Å². The summed E-state index contributed by atoms with van der Waals surface area (Å²) in [5.74, 6) is -0.237. The van der Waals surface area contributed by atoms with E-state index in [1.165, 1.54) is 11.3 Å². The first-order valence-electron chi connectivity index (χ1n) is 5.95. The van der Waals surface area contributed by atoms with Crippen molar-refractivity contribution in [1.29, 1.82) is 0 Å². The van der Waals surface area contributed by atoms with Gasteiger partial charge >= 0.3 is 0 Å². The molecule has 1 amide bonds. The fourth-order valence-electron chi connectivity index (χ4n) is 1.80. The molecule has 3 aromatic rings. The van der Waals surface area contributed by atoms with E-state index in [4.69, 9.17) is 17.3 Å². The van der Waals surface area contributed by atoms with Crippen molar-refractivity contribution in [2.75, 3.05) is 11.1 Å². The lowest BCUT2D eigenvalue weighted by Gasteiger charge is -2.03. The third-order valence-electron chi connectivity index (χ3n) is 2.81. The van der Waals surface area contributed by atoms with Crippen molar-refractivity contribution >= 4 is 65.8 Å². The van der Waals surface area contributed by atoms with Crippen LogP contribution in [0.5, 0.6) is 0 Å². The van der Waals surface area contributed by atoms with Gasteiger partial charge in [0.25, 0.3) is 5.91 Å². The van der Waals surface area contributed by atoms with Gasteiger partial charge in [0.2, 0.25) is 0 Å². The molecule has 0 saturated carbocycles. The number of nitrogen functional groups attached to an aromatic ring is 1. The molecule has 3 rings (SSSR count). The SMILES string of the molecule is Nc1ccc2nc(NC(=O)c3ccc(Cl)c(Br)c3)sc2c1. The summed E-state index contributed by atoms with van der Waals surface area (Å²) in [5, 5.41) is 3.87. The highest BCUT2D eigenvalue weighted by atomic mass is 79.9. The minimum absolute atomic E-state index is 0.237. The zero-order valence-corrected chi connectivity index (χ0v) is 13.7. The molecule has 4 nitrogen and oxygen atoms in total. The normalized spacial score (nSPS) is 10.8. The summed E-state index contributed by atoms with van der Waals surface area (Å²) in [6.45, 7) is 0. The van der Waals surface area contributed by atoms with E-state index in [1.54, 1.807) is 24.3 Å². The number of fused-ring (bicyclic) bond motifs is 1. The summed E-state index contributed by atoms with van der Waals surface area (Å²) >= 11 is 10.6. The van der Waals surface area contributed by atoms with Gasteiger partial charge in [-0.05, 0) is 52.3 Å². The molecule has 7 heteroatoms. The molecule has 0 saturated heterocycles. The number of hydrogen-bond acceptors (Lipinski definition) is 4. The molecule has 3 N–H and O–H groups in total. The predicted molar refractivity (Wildman–Crippen MR) is 91.1 cm³/mol. The Kier molecular flexibility index (Phi) is 3.84. The molecular formula is C14H9BrClN3OS. The topological polar surface area (TPSA) is 68.0 Å². The van der Waals surface area contributed by atoms with E-state index in [9.17, 15) is 4.79 Å². The van der Waals surface area contributed by atoms with Crippen LogP contribution in [-0.2, 0) is 0 Å². The van der Waals surface area contributed by atoms with Gasteiger partial charge in [-0.2, -0.15) is 0 Å². The molecule has 2 aromatic carbocycles. The van der Waals surface area contributed by atoms with Crippen LogP contribution in [-0.4, -0.2) is 10.9 Å². The van der Waals surface area contributed by atoms with Gasteiger partial charge in [-0.3, -0.25) is 10.1 Å². The first-order chi connectivity index (χ1) is 10.0. The Bertz CT molecular complexity index is 849. The van der Waals surface area contributed by atoms with E-state index in [1.807, 2.05) is 12.1 Å². The number of carbonyl (C=O) groups excluding carboxylic acids is 1.